The van der Waals surface area contributed by atoms with E-state index in [4.69, 9.17) is 14.9 Å². The molecule has 1 saturated heterocycles. The molecular weight excluding hydrogens is 346 g/mol. The van der Waals surface area contributed by atoms with Crippen LogP contribution >= 0.6 is 0 Å². The summed E-state index contributed by atoms with van der Waals surface area (Å²) in [5.41, 5.74) is -1.16. The van der Waals surface area contributed by atoms with Crippen molar-refractivity contribution in [1.82, 2.24) is 10.2 Å². The first kappa shape index (κ1) is 21.9. The van der Waals surface area contributed by atoms with Crippen LogP contribution in [-0.4, -0.2) is 59.8 Å². The molecule has 0 bridgehead atoms. The maximum Gasteiger partial charge on any atom is 0.246 e. The molecule has 154 valence electrons. The van der Waals surface area contributed by atoms with Crippen molar-refractivity contribution in [2.45, 2.75) is 77.7 Å². The third-order valence-corrected chi connectivity index (χ3v) is 5.55. The van der Waals surface area contributed by atoms with E-state index >= 15 is 0 Å². The van der Waals surface area contributed by atoms with Gasteiger partial charge < -0.3 is 20.0 Å². The van der Waals surface area contributed by atoms with Gasteiger partial charge in [0.1, 0.15) is 0 Å². The Morgan fingerprint density at radius 3 is 2.52 bits per heavy atom. The molecule has 27 heavy (non-hydrogen) atoms. The maximum absolute atomic E-state index is 12.5. The molecule has 3 N–H and O–H groups in total. The van der Waals surface area contributed by atoms with Gasteiger partial charge in [-0.05, 0) is 53.0 Å². The molecule has 7 heteroatoms. The van der Waals surface area contributed by atoms with E-state index in [-0.39, 0.29) is 23.8 Å². The standard InChI is InChI=1S/C20H35N3O4/c1-19(2,13-27-17-8-6-7-11-26-17)15(21)12-16(24)22-18(25)20(3,4)23(5)14-9-10-14/h12,14,17,21,24H,6-11,13H2,1-5H3,(H,22,25)/b16-12-,21-15?. The van der Waals surface area contributed by atoms with Gasteiger partial charge in [-0.1, -0.05) is 13.8 Å². The van der Waals surface area contributed by atoms with Crippen molar-refractivity contribution < 1.29 is 19.4 Å². The van der Waals surface area contributed by atoms with Crippen LogP contribution in [0.15, 0.2) is 12.0 Å². The smallest absolute Gasteiger partial charge is 0.246 e. The predicted molar refractivity (Wildman–Crippen MR) is 105 cm³/mol. The Balaban J connectivity index is 1.88. The summed E-state index contributed by atoms with van der Waals surface area (Å²) < 4.78 is 11.3. The Bertz CT molecular complexity index is 576. The summed E-state index contributed by atoms with van der Waals surface area (Å²) in [6, 6.07) is 0.424. The van der Waals surface area contributed by atoms with Crippen molar-refractivity contribution in [1.29, 1.82) is 5.41 Å². The zero-order valence-corrected chi connectivity index (χ0v) is 17.3. The van der Waals surface area contributed by atoms with E-state index in [0.717, 1.165) is 32.1 Å². The molecule has 1 heterocycles. The van der Waals surface area contributed by atoms with Crippen molar-refractivity contribution >= 4 is 11.6 Å². The number of carbonyl (C=O) groups excluding carboxylic acids is 1. The van der Waals surface area contributed by atoms with Crippen molar-refractivity contribution in [3.63, 3.8) is 0 Å². The lowest BCUT2D eigenvalue weighted by Gasteiger charge is -2.34. The van der Waals surface area contributed by atoms with Gasteiger partial charge in [-0.2, -0.15) is 0 Å². The van der Waals surface area contributed by atoms with E-state index < -0.39 is 11.0 Å². The first-order valence-corrected chi connectivity index (χ1v) is 9.81. The first-order valence-electron chi connectivity index (χ1n) is 9.81. The molecule has 2 fully saturated rings. The summed E-state index contributed by atoms with van der Waals surface area (Å²) in [6.07, 6.45) is 6.27. The van der Waals surface area contributed by atoms with Gasteiger partial charge in [0.15, 0.2) is 12.2 Å². The topological polar surface area (TPSA) is 94.9 Å². The van der Waals surface area contributed by atoms with Crippen LogP contribution in [0.4, 0.5) is 0 Å². The van der Waals surface area contributed by atoms with Crippen molar-refractivity contribution in [2.24, 2.45) is 5.41 Å². The zero-order chi connectivity index (χ0) is 20.2. The SMILES string of the molecule is CN(C1CC1)C(C)(C)C(=O)N/C(O)=C/C(=N)C(C)(C)COC1CCCCO1. The fourth-order valence-corrected chi connectivity index (χ4v) is 2.94. The molecule has 0 radical (unpaired) electrons. The maximum atomic E-state index is 12.5. The number of aliphatic hydroxyl groups is 1. The van der Waals surface area contributed by atoms with E-state index in [9.17, 15) is 9.90 Å². The fraction of sp³-hybridized carbons (Fsp3) is 0.800. The van der Waals surface area contributed by atoms with Crippen LogP contribution in [0, 0.1) is 10.8 Å². The second-order valence-electron chi connectivity index (χ2n) is 8.79. The van der Waals surface area contributed by atoms with Crippen molar-refractivity contribution in [3.05, 3.63) is 12.0 Å². The van der Waals surface area contributed by atoms with Crippen LogP contribution in [0.3, 0.4) is 0 Å². The van der Waals surface area contributed by atoms with Crippen LogP contribution < -0.4 is 5.32 Å². The van der Waals surface area contributed by atoms with Crippen LogP contribution in [0.1, 0.15) is 59.8 Å². The number of allylic oxidation sites excluding steroid dienone is 1. The second kappa shape index (κ2) is 8.71. The highest BCUT2D eigenvalue weighted by Gasteiger charge is 2.40. The lowest BCUT2D eigenvalue weighted by atomic mass is 9.88. The van der Waals surface area contributed by atoms with Gasteiger partial charge in [0.25, 0.3) is 0 Å². The largest absolute Gasteiger partial charge is 0.494 e. The highest BCUT2D eigenvalue weighted by molar-refractivity contribution is 5.98. The van der Waals surface area contributed by atoms with E-state index in [2.05, 4.69) is 5.32 Å². The lowest BCUT2D eigenvalue weighted by molar-refractivity contribution is -0.171. The number of aliphatic hydroxyl groups excluding tert-OH is 1. The molecule has 0 aromatic rings. The average Bonchev–Trinajstić information content (AvgIpc) is 3.45. The molecule has 2 rings (SSSR count). The summed E-state index contributed by atoms with van der Waals surface area (Å²) in [7, 11) is 1.92. The molecule has 1 amide bonds. The lowest BCUT2D eigenvalue weighted by Crippen LogP contribution is -2.54. The molecule has 2 aliphatic rings. The van der Waals surface area contributed by atoms with Gasteiger partial charge in [0, 0.05) is 29.9 Å². The number of hydrogen-bond donors (Lipinski definition) is 3. The van der Waals surface area contributed by atoms with E-state index in [1.807, 2.05) is 39.6 Å². The number of carbonyl (C=O) groups is 1. The predicted octanol–water partition coefficient (Wildman–Crippen LogP) is 2.96. The van der Waals surface area contributed by atoms with E-state index in [1.165, 1.54) is 6.08 Å². The van der Waals surface area contributed by atoms with Gasteiger partial charge in [-0.3, -0.25) is 15.0 Å². The molecule has 0 spiro atoms. The highest BCUT2D eigenvalue weighted by Crippen LogP contribution is 2.31. The summed E-state index contributed by atoms with van der Waals surface area (Å²) >= 11 is 0. The number of likely N-dealkylation sites (N-methyl/N-ethyl adjacent to an activating group) is 1. The molecule has 1 atom stereocenters. The van der Waals surface area contributed by atoms with Crippen LogP contribution in [0.2, 0.25) is 0 Å². The molecule has 1 saturated carbocycles. The molecular formula is C20H35N3O4. The third kappa shape index (κ3) is 6.02. The van der Waals surface area contributed by atoms with Gasteiger partial charge in [-0.15, -0.1) is 0 Å². The number of nitrogens with zero attached hydrogens (tertiary/aromatic N) is 1. The third-order valence-electron chi connectivity index (χ3n) is 5.55. The average molecular weight is 382 g/mol. The van der Waals surface area contributed by atoms with Crippen LogP contribution in [0.5, 0.6) is 0 Å². The molecule has 0 aromatic heterocycles. The van der Waals surface area contributed by atoms with Gasteiger partial charge in [0.05, 0.1) is 12.1 Å². The number of ether oxygens (including phenoxy) is 2. The van der Waals surface area contributed by atoms with Gasteiger partial charge in [0.2, 0.25) is 5.91 Å². The summed E-state index contributed by atoms with van der Waals surface area (Å²) in [6.45, 7) is 8.43. The zero-order valence-electron chi connectivity index (χ0n) is 17.3. The minimum atomic E-state index is -0.734. The Morgan fingerprint density at radius 2 is 1.96 bits per heavy atom. The molecule has 0 aromatic carbocycles. The number of nitrogens with one attached hydrogen (secondary N) is 2. The number of amides is 1. The van der Waals surface area contributed by atoms with E-state index in [0.29, 0.717) is 19.3 Å². The highest BCUT2D eigenvalue weighted by atomic mass is 16.7. The minimum absolute atomic E-state index is 0.185. The molecule has 7 nitrogen and oxygen atoms in total. The van der Waals surface area contributed by atoms with Gasteiger partial charge >= 0.3 is 0 Å². The Labute approximate surface area is 162 Å². The monoisotopic (exact) mass is 381 g/mol. The number of rotatable bonds is 9. The minimum Gasteiger partial charge on any atom is -0.494 e. The van der Waals surface area contributed by atoms with E-state index in [1.54, 1.807) is 0 Å². The summed E-state index contributed by atoms with van der Waals surface area (Å²) in [4.78, 5) is 14.6. The van der Waals surface area contributed by atoms with Crippen LogP contribution in [-0.2, 0) is 14.3 Å². The Hall–Kier alpha value is -1.44. The molecule has 1 aliphatic carbocycles. The van der Waals surface area contributed by atoms with Gasteiger partial charge in [-0.25, -0.2) is 0 Å². The number of hydrogen-bond acceptors (Lipinski definition) is 6. The van der Waals surface area contributed by atoms with Crippen molar-refractivity contribution in [2.75, 3.05) is 20.3 Å². The molecule has 1 aliphatic heterocycles. The Kier molecular flexibility index (Phi) is 7.05. The Morgan fingerprint density at radius 1 is 1.30 bits per heavy atom. The fourth-order valence-electron chi connectivity index (χ4n) is 2.94. The summed E-state index contributed by atoms with van der Waals surface area (Å²) in [5, 5.41) is 21.0. The molecule has 1 unspecified atom stereocenters. The normalized spacial score (nSPS) is 22.0. The van der Waals surface area contributed by atoms with Crippen molar-refractivity contribution in [3.8, 4) is 0 Å². The summed E-state index contributed by atoms with van der Waals surface area (Å²) in [5.74, 6) is -0.604. The second-order valence-corrected chi connectivity index (χ2v) is 8.79. The van der Waals surface area contributed by atoms with Crippen LogP contribution in [0.25, 0.3) is 0 Å². The first-order chi connectivity index (χ1) is 12.5. The quantitative estimate of drug-likeness (QED) is 0.422.